The Morgan fingerprint density at radius 2 is 1.07 bits per heavy atom. The molecule has 0 fully saturated rings. The van der Waals surface area contributed by atoms with E-state index in [9.17, 15) is 73.5 Å². The largest absolute Gasteiger partial charge is 0.508 e. The van der Waals surface area contributed by atoms with E-state index in [4.69, 9.17) is 11.5 Å². The minimum atomic E-state index is -1.83. The van der Waals surface area contributed by atoms with Gasteiger partial charge in [0.1, 0.15) is 60.1 Å². The van der Waals surface area contributed by atoms with Crippen LogP contribution in [0.25, 0.3) is 0 Å². The van der Waals surface area contributed by atoms with Gasteiger partial charge in [-0.05, 0) is 89.0 Å². The second-order valence-electron chi connectivity index (χ2n) is 17.6. The minimum Gasteiger partial charge on any atom is -0.508 e. The summed E-state index contributed by atoms with van der Waals surface area (Å²) >= 11 is 0. The summed E-state index contributed by atoms with van der Waals surface area (Å²) in [5.41, 5.74) is 11.7. The number of phenolic OH excluding ortho intramolecular Hbond substituents is 1. The lowest BCUT2D eigenvalue weighted by molar-refractivity contribution is -0.142. The maximum atomic E-state index is 14.3. The fourth-order valence-corrected chi connectivity index (χ4v) is 6.63. The number of aromatic hydroxyl groups is 1. The third kappa shape index (κ3) is 21.9. The van der Waals surface area contributed by atoms with Gasteiger partial charge in [-0.3, -0.25) is 47.9 Å². The summed E-state index contributed by atoms with van der Waals surface area (Å²) in [5, 5.41) is 68.0. The number of amides is 8. The van der Waals surface area contributed by atoms with Crippen LogP contribution in [0.4, 0.5) is 0 Å². The van der Waals surface area contributed by atoms with Crippen LogP contribution in [0.15, 0.2) is 24.3 Å². The highest BCUT2D eigenvalue weighted by atomic mass is 16.4. The van der Waals surface area contributed by atoms with Crippen LogP contribution < -0.4 is 54.0 Å². The molecule has 0 aliphatic rings. The standard InChI is InChI=1S/C45H74N10O15/c1-8-23(4)35(54-40(64)30(11-9-10-18-46)50-37(61)24(5)48-41(65)32(19-22(2)3)52-38(62)29(47)21-56)43(67)53-33(20-27-12-14-28(58)15-13-27)42(66)55-36(26(7)57)44(68)51-31(16-17-34(59)60)39(63)49-25(6)45(69)70/h12-15,22-26,29-33,35-36,56-58H,8-11,16-21,46-47H2,1-7H3,(H,48,65)(H,49,63)(H,50,61)(H,51,68)(H,52,62)(H,53,67)(H,54,64)(H,55,66)(H,59,60)(H,69,70)/t23-,24-,25-,26+,29-,30-,31-,32-,33-,35-,36-/m0/s1. The predicted molar refractivity (Wildman–Crippen MR) is 252 cm³/mol. The van der Waals surface area contributed by atoms with Gasteiger partial charge in [0.15, 0.2) is 0 Å². The fourth-order valence-electron chi connectivity index (χ4n) is 6.63. The molecule has 0 unspecified atom stereocenters. The molecule has 0 saturated heterocycles. The van der Waals surface area contributed by atoms with Crippen LogP contribution in [0, 0.1) is 11.8 Å². The molecule has 0 saturated carbocycles. The molecule has 1 aromatic carbocycles. The zero-order valence-electron chi connectivity index (χ0n) is 40.8. The summed E-state index contributed by atoms with van der Waals surface area (Å²) in [6.07, 6.45) is -1.76. The number of hydrogen-bond donors (Lipinski definition) is 15. The van der Waals surface area contributed by atoms with Crippen LogP contribution >= 0.6 is 0 Å². The number of phenols is 1. The van der Waals surface area contributed by atoms with Crippen LogP contribution in [-0.2, 0) is 54.4 Å². The van der Waals surface area contributed by atoms with E-state index in [2.05, 4.69) is 42.5 Å². The number of nitrogens with one attached hydrogen (secondary N) is 8. The van der Waals surface area contributed by atoms with Crippen molar-refractivity contribution in [2.75, 3.05) is 13.2 Å². The normalized spacial score (nSPS) is 15.9. The second-order valence-corrected chi connectivity index (χ2v) is 17.6. The molecular formula is C45H74N10O15. The van der Waals surface area contributed by atoms with Gasteiger partial charge in [0.25, 0.3) is 0 Å². The number of rotatable bonds is 32. The van der Waals surface area contributed by atoms with E-state index in [0.29, 0.717) is 24.8 Å². The molecule has 394 valence electrons. The summed E-state index contributed by atoms with van der Waals surface area (Å²) < 4.78 is 0. The number of benzene rings is 1. The number of carbonyl (C=O) groups is 10. The Hall–Kier alpha value is -6.44. The Balaban J connectivity index is 3.50. The van der Waals surface area contributed by atoms with Gasteiger partial charge in [-0.15, -0.1) is 0 Å². The highest BCUT2D eigenvalue weighted by molar-refractivity contribution is 5.98. The van der Waals surface area contributed by atoms with Crippen LogP contribution in [0.2, 0.25) is 0 Å². The smallest absolute Gasteiger partial charge is 0.325 e. The topological polar surface area (TPSA) is 420 Å². The van der Waals surface area contributed by atoms with Crippen LogP contribution in [0.1, 0.15) is 99.0 Å². The Morgan fingerprint density at radius 1 is 0.586 bits per heavy atom. The van der Waals surface area contributed by atoms with E-state index < -0.39 is 145 Å². The van der Waals surface area contributed by atoms with Crippen molar-refractivity contribution in [3.8, 4) is 5.75 Å². The highest BCUT2D eigenvalue weighted by Crippen LogP contribution is 2.15. The van der Waals surface area contributed by atoms with Crippen molar-refractivity contribution in [2.45, 2.75) is 160 Å². The third-order valence-electron chi connectivity index (χ3n) is 11.1. The Kier molecular flexibility index (Phi) is 27.2. The lowest BCUT2D eigenvalue weighted by Gasteiger charge is -2.30. The van der Waals surface area contributed by atoms with E-state index in [1.807, 2.05) is 0 Å². The van der Waals surface area contributed by atoms with Gasteiger partial charge in [-0.1, -0.05) is 46.2 Å². The maximum Gasteiger partial charge on any atom is 0.325 e. The van der Waals surface area contributed by atoms with E-state index in [1.54, 1.807) is 27.7 Å². The summed E-state index contributed by atoms with van der Waals surface area (Å²) in [4.78, 5) is 131. The molecule has 0 aromatic heterocycles. The van der Waals surface area contributed by atoms with Crippen molar-refractivity contribution >= 4 is 59.2 Å². The van der Waals surface area contributed by atoms with Crippen LogP contribution in [0.3, 0.4) is 0 Å². The van der Waals surface area contributed by atoms with Crippen molar-refractivity contribution in [3.63, 3.8) is 0 Å². The first-order valence-electron chi connectivity index (χ1n) is 23.2. The van der Waals surface area contributed by atoms with E-state index in [0.717, 1.165) is 13.8 Å². The number of carboxylic acids is 2. The van der Waals surface area contributed by atoms with Gasteiger partial charge < -0.3 is 79.5 Å². The number of unbranched alkanes of at least 4 members (excludes halogenated alkanes) is 1. The van der Waals surface area contributed by atoms with Crippen molar-refractivity contribution in [3.05, 3.63) is 29.8 Å². The first kappa shape index (κ1) is 61.6. The van der Waals surface area contributed by atoms with Crippen molar-refractivity contribution < 1.29 is 73.5 Å². The van der Waals surface area contributed by atoms with Gasteiger partial charge in [0.05, 0.1) is 12.7 Å². The molecule has 8 amide bonds. The minimum absolute atomic E-state index is 0.0431. The molecule has 25 heteroatoms. The van der Waals surface area contributed by atoms with E-state index >= 15 is 0 Å². The molecule has 11 atom stereocenters. The predicted octanol–water partition coefficient (Wildman–Crippen LogP) is -3.28. The first-order chi connectivity index (χ1) is 32.8. The number of aliphatic hydroxyl groups is 2. The lowest BCUT2D eigenvalue weighted by Crippen LogP contribution is -2.62. The third-order valence-corrected chi connectivity index (χ3v) is 11.1. The molecule has 25 nitrogen and oxygen atoms in total. The monoisotopic (exact) mass is 995 g/mol. The number of carboxylic acid groups (broad SMARTS) is 2. The van der Waals surface area contributed by atoms with Crippen molar-refractivity contribution in [1.29, 1.82) is 0 Å². The molecule has 0 aliphatic heterocycles. The summed E-state index contributed by atoms with van der Waals surface area (Å²) in [7, 11) is 0. The number of aliphatic carboxylic acids is 2. The van der Waals surface area contributed by atoms with E-state index in [1.165, 1.54) is 31.2 Å². The number of carbonyl (C=O) groups excluding carboxylic acids is 8. The molecule has 0 radical (unpaired) electrons. The van der Waals surface area contributed by atoms with E-state index in [-0.39, 0.29) is 37.5 Å². The fraction of sp³-hybridized carbons (Fsp3) is 0.644. The summed E-state index contributed by atoms with van der Waals surface area (Å²) in [6, 6.07) is -7.21. The molecule has 70 heavy (non-hydrogen) atoms. The Labute approximate surface area is 406 Å². The quantitative estimate of drug-likeness (QED) is 0.0315. The van der Waals surface area contributed by atoms with Crippen LogP contribution in [-0.4, -0.2) is 158 Å². The second kappa shape index (κ2) is 30.9. The molecule has 0 aliphatic carbocycles. The summed E-state index contributed by atoms with van der Waals surface area (Å²) in [6.45, 7) is 10.2. The average Bonchev–Trinajstić information content (AvgIpc) is 3.29. The average molecular weight is 995 g/mol. The zero-order valence-corrected chi connectivity index (χ0v) is 40.8. The number of aliphatic hydroxyl groups excluding tert-OH is 2. The molecule has 1 aromatic rings. The maximum absolute atomic E-state index is 14.3. The van der Waals surface area contributed by atoms with Gasteiger partial charge in [0, 0.05) is 12.8 Å². The van der Waals surface area contributed by atoms with Gasteiger partial charge in [-0.2, -0.15) is 0 Å². The first-order valence-corrected chi connectivity index (χ1v) is 23.2. The van der Waals surface area contributed by atoms with Crippen molar-refractivity contribution in [2.24, 2.45) is 23.3 Å². The Morgan fingerprint density at radius 3 is 1.60 bits per heavy atom. The van der Waals surface area contributed by atoms with Gasteiger partial charge >= 0.3 is 11.9 Å². The zero-order chi connectivity index (χ0) is 53.4. The SMILES string of the molecule is CC[C@H](C)[C@H](NC(=O)[C@H](CCCCN)NC(=O)[C@H](C)NC(=O)[C@H](CC(C)C)NC(=O)[C@@H](N)CO)C(=O)N[C@@H](Cc1ccc(O)cc1)C(=O)N[C@H](C(=O)N[C@@H](CCC(=O)O)C(=O)N[C@@H](C)C(=O)O)[C@@H](C)O. The molecule has 17 N–H and O–H groups in total. The highest BCUT2D eigenvalue weighted by Gasteiger charge is 2.37. The molecule has 0 heterocycles. The van der Waals surface area contributed by atoms with Crippen LogP contribution in [0.5, 0.6) is 5.75 Å². The molecular weight excluding hydrogens is 921 g/mol. The van der Waals surface area contributed by atoms with Crippen molar-refractivity contribution in [1.82, 2.24) is 42.5 Å². The molecule has 0 bridgehead atoms. The van der Waals surface area contributed by atoms with Gasteiger partial charge in [-0.25, -0.2) is 0 Å². The summed E-state index contributed by atoms with van der Waals surface area (Å²) in [5.74, 6) is -10.9. The Bertz CT molecular complexity index is 1940. The molecule has 1 rings (SSSR count). The number of hydrogen-bond acceptors (Lipinski definition) is 15. The number of nitrogens with two attached hydrogens (primary N) is 2. The molecule has 0 spiro atoms. The lowest BCUT2D eigenvalue weighted by atomic mass is 9.96. The van der Waals surface area contributed by atoms with Gasteiger partial charge in [0.2, 0.25) is 47.3 Å².